The van der Waals surface area contributed by atoms with Crippen molar-refractivity contribution >= 4 is 11.8 Å². The third kappa shape index (κ3) is 1.55. The van der Waals surface area contributed by atoms with Crippen molar-refractivity contribution in [3.8, 4) is 0 Å². The Hall–Kier alpha value is -0.940. The number of carbonyl (C=O) groups is 2. The van der Waals surface area contributed by atoms with E-state index in [1.165, 1.54) is 4.90 Å². The van der Waals surface area contributed by atoms with Gasteiger partial charge in [-0.2, -0.15) is 0 Å². The van der Waals surface area contributed by atoms with Crippen molar-refractivity contribution in [2.24, 2.45) is 17.3 Å². The molecule has 0 aromatic heterocycles. The standard InChI is InChI=1S/C11H17NO4/c1-11(2)7-8(11)10(15)12(9(7)14)3-5-16-6-4-13/h7-8,13H,3-6H2,1-2H3. The Bertz CT molecular complexity index is 302. The SMILES string of the molecule is CC1(C)C2C(=O)N(CCOCCO)C(=O)C21. The Kier molecular flexibility index (Phi) is 2.75. The van der Waals surface area contributed by atoms with Crippen molar-refractivity contribution in [3.63, 3.8) is 0 Å². The molecule has 16 heavy (non-hydrogen) atoms. The molecule has 90 valence electrons. The lowest BCUT2D eigenvalue weighted by molar-refractivity contribution is -0.143. The minimum Gasteiger partial charge on any atom is -0.394 e. The molecule has 5 heteroatoms. The van der Waals surface area contributed by atoms with Gasteiger partial charge < -0.3 is 9.84 Å². The van der Waals surface area contributed by atoms with Crippen LogP contribution in [0.25, 0.3) is 0 Å². The predicted molar refractivity (Wildman–Crippen MR) is 55.4 cm³/mol. The highest BCUT2D eigenvalue weighted by atomic mass is 16.5. The second-order valence-corrected chi connectivity index (χ2v) is 4.94. The van der Waals surface area contributed by atoms with Crippen molar-refractivity contribution < 1.29 is 19.4 Å². The van der Waals surface area contributed by atoms with Crippen molar-refractivity contribution in [2.45, 2.75) is 13.8 Å². The quantitative estimate of drug-likeness (QED) is 0.514. The lowest BCUT2D eigenvalue weighted by Crippen LogP contribution is -2.38. The highest BCUT2D eigenvalue weighted by Gasteiger charge is 2.72. The molecule has 5 nitrogen and oxygen atoms in total. The second-order valence-electron chi connectivity index (χ2n) is 4.94. The Balaban J connectivity index is 1.86. The van der Waals surface area contributed by atoms with Crippen molar-refractivity contribution in [1.82, 2.24) is 4.90 Å². The lowest BCUT2D eigenvalue weighted by Gasteiger charge is -2.20. The van der Waals surface area contributed by atoms with E-state index < -0.39 is 0 Å². The number of carbonyl (C=O) groups excluding carboxylic acids is 2. The van der Waals surface area contributed by atoms with Crippen LogP contribution in [0.4, 0.5) is 0 Å². The molecule has 2 rings (SSSR count). The van der Waals surface area contributed by atoms with Crippen LogP contribution < -0.4 is 0 Å². The number of amides is 2. The van der Waals surface area contributed by atoms with E-state index in [0.29, 0.717) is 13.2 Å². The summed E-state index contributed by atoms with van der Waals surface area (Å²) < 4.78 is 5.05. The molecule has 0 radical (unpaired) electrons. The van der Waals surface area contributed by atoms with Crippen LogP contribution in [-0.2, 0) is 14.3 Å². The average molecular weight is 227 g/mol. The molecule has 1 aliphatic heterocycles. The summed E-state index contributed by atoms with van der Waals surface area (Å²) in [5.74, 6) is -0.351. The number of likely N-dealkylation sites (tertiary alicyclic amines) is 1. The zero-order valence-corrected chi connectivity index (χ0v) is 9.60. The fourth-order valence-electron chi connectivity index (χ4n) is 2.55. The first-order valence-electron chi connectivity index (χ1n) is 5.55. The van der Waals surface area contributed by atoms with Crippen LogP contribution in [0, 0.1) is 17.3 Å². The number of aliphatic hydroxyl groups is 1. The number of piperidine rings is 1. The van der Waals surface area contributed by atoms with Crippen LogP contribution >= 0.6 is 0 Å². The van der Waals surface area contributed by atoms with E-state index in [4.69, 9.17) is 9.84 Å². The van der Waals surface area contributed by atoms with Crippen molar-refractivity contribution in [2.75, 3.05) is 26.4 Å². The number of hydrogen-bond acceptors (Lipinski definition) is 4. The van der Waals surface area contributed by atoms with Gasteiger partial charge >= 0.3 is 0 Å². The number of nitrogens with zero attached hydrogens (tertiary/aromatic N) is 1. The zero-order valence-electron chi connectivity index (χ0n) is 9.60. The first-order valence-corrected chi connectivity index (χ1v) is 5.55. The molecule has 0 spiro atoms. The maximum atomic E-state index is 11.8. The summed E-state index contributed by atoms with van der Waals surface area (Å²) >= 11 is 0. The summed E-state index contributed by atoms with van der Waals surface area (Å²) in [5, 5.41) is 8.51. The van der Waals surface area contributed by atoms with E-state index in [1.54, 1.807) is 0 Å². The molecule has 0 aromatic carbocycles. The fraction of sp³-hybridized carbons (Fsp3) is 0.818. The maximum absolute atomic E-state index is 11.8. The first-order chi connectivity index (χ1) is 7.51. The van der Waals surface area contributed by atoms with Gasteiger partial charge in [0, 0.05) is 0 Å². The fourth-order valence-corrected chi connectivity index (χ4v) is 2.55. The van der Waals surface area contributed by atoms with Crippen LogP contribution in [-0.4, -0.2) is 48.2 Å². The van der Waals surface area contributed by atoms with E-state index in [2.05, 4.69) is 0 Å². The Labute approximate surface area is 94.4 Å². The molecule has 2 fully saturated rings. The minimum absolute atomic E-state index is 0.0415. The van der Waals surface area contributed by atoms with Gasteiger partial charge in [-0.1, -0.05) is 13.8 Å². The van der Waals surface area contributed by atoms with E-state index >= 15 is 0 Å². The molecule has 2 amide bonds. The minimum atomic E-state index is -0.142. The zero-order chi connectivity index (χ0) is 11.9. The van der Waals surface area contributed by atoms with Gasteiger partial charge in [0.05, 0.1) is 38.2 Å². The highest BCUT2D eigenvalue weighted by molar-refractivity contribution is 6.10. The van der Waals surface area contributed by atoms with Gasteiger partial charge in [0.1, 0.15) is 0 Å². The van der Waals surface area contributed by atoms with Gasteiger partial charge in [-0.3, -0.25) is 14.5 Å². The Morgan fingerprint density at radius 3 is 2.31 bits per heavy atom. The number of imide groups is 1. The summed E-state index contributed by atoms with van der Waals surface area (Å²) in [4.78, 5) is 25.0. The van der Waals surface area contributed by atoms with E-state index in [0.717, 1.165) is 0 Å². The first kappa shape index (κ1) is 11.5. The van der Waals surface area contributed by atoms with Crippen molar-refractivity contribution in [1.29, 1.82) is 0 Å². The predicted octanol–water partition coefficient (Wildman–Crippen LogP) is -0.364. The molecular formula is C11H17NO4. The molecule has 0 bridgehead atoms. The smallest absolute Gasteiger partial charge is 0.233 e. The molecule has 1 heterocycles. The van der Waals surface area contributed by atoms with Gasteiger partial charge in [-0.25, -0.2) is 0 Å². The van der Waals surface area contributed by atoms with E-state index in [1.807, 2.05) is 13.8 Å². The van der Waals surface area contributed by atoms with E-state index in [-0.39, 0.29) is 42.3 Å². The summed E-state index contributed by atoms with van der Waals surface area (Å²) in [7, 11) is 0. The van der Waals surface area contributed by atoms with Gasteiger partial charge in [0.15, 0.2) is 0 Å². The number of rotatable bonds is 5. The van der Waals surface area contributed by atoms with Crippen molar-refractivity contribution in [3.05, 3.63) is 0 Å². The molecule has 1 N–H and O–H groups in total. The molecule has 2 aliphatic rings. The molecule has 2 unspecified atom stereocenters. The largest absolute Gasteiger partial charge is 0.394 e. The van der Waals surface area contributed by atoms with Gasteiger partial charge in [-0.05, 0) is 5.41 Å². The second kappa shape index (κ2) is 3.82. The van der Waals surface area contributed by atoms with Crippen LogP contribution in [0.5, 0.6) is 0 Å². The third-order valence-electron chi connectivity index (χ3n) is 3.59. The maximum Gasteiger partial charge on any atom is 0.233 e. The Morgan fingerprint density at radius 2 is 1.81 bits per heavy atom. The van der Waals surface area contributed by atoms with Gasteiger partial charge in [0.25, 0.3) is 0 Å². The van der Waals surface area contributed by atoms with Crippen LogP contribution in [0.15, 0.2) is 0 Å². The molecule has 2 atom stereocenters. The number of aliphatic hydroxyl groups excluding tert-OH is 1. The van der Waals surface area contributed by atoms with Crippen LogP contribution in [0.1, 0.15) is 13.8 Å². The topological polar surface area (TPSA) is 66.8 Å². The summed E-state index contributed by atoms with van der Waals surface area (Å²) in [5.41, 5.74) is -0.142. The number of fused-ring (bicyclic) bond motifs is 1. The summed E-state index contributed by atoms with van der Waals surface area (Å²) in [6, 6.07) is 0. The molecule has 1 aliphatic carbocycles. The summed E-state index contributed by atoms with van der Waals surface area (Å²) in [6.45, 7) is 4.73. The summed E-state index contributed by atoms with van der Waals surface area (Å²) in [6.07, 6.45) is 0. The van der Waals surface area contributed by atoms with Crippen LogP contribution in [0.3, 0.4) is 0 Å². The Morgan fingerprint density at radius 1 is 1.25 bits per heavy atom. The van der Waals surface area contributed by atoms with Crippen LogP contribution in [0.2, 0.25) is 0 Å². The molecular weight excluding hydrogens is 210 g/mol. The normalized spacial score (nSPS) is 30.8. The highest BCUT2D eigenvalue weighted by Crippen LogP contribution is 2.63. The van der Waals surface area contributed by atoms with E-state index in [9.17, 15) is 9.59 Å². The number of ether oxygens (including phenoxy) is 1. The van der Waals surface area contributed by atoms with Gasteiger partial charge in [0.2, 0.25) is 11.8 Å². The molecule has 1 saturated carbocycles. The molecule has 1 saturated heterocycles. The van der Waals surface area contributed by atoms with Gasteiger partial charge in [-0.15, -0.1) is 0 Å². The molecule has 0 aromatic rings. The average Bonchev–Trinajstić information content (AvgIpc) is 2.68. The third-order valence-corrected chi connectivity index (χ3v) is 3.59. The monoisotopic (exact) mass is 227 g/mol. The number of hydrogen-bond donors (Lipinski definition) is 1. The lowest BCUT2D eigenvalue weighted by atomic mass is 10.1.